The Balaban J connectivity index is 1.59. The van der Waals surface area contributed by atoms with Crippen LogP contribution in [0, 0.1) is 6.92 Å². The number of thiazole rings is 1. The molecular formula is C18H15ClN2O4S2. The van der Waals surface area contributed by atoms with E-state index in [9.17, 15) is 9.59 Å². The highest BCUT2D eigenvalue weighted by Gasteiger charge is 2.19. The van der Waals surface area contributed by atoms with E-state index in [2.05, 4.69) is 10.3 Å². The minimum absolute atomic E-state index is 0.369. The fourth-order valence-electron chi connectivity index (χ4n) is 2.23. The van der Waals surface area contributed by atoms with Gasteiger partial charge in [-0.1, -0.05) is 17.7 Å². The summed E-state index contributed by atoms with van der Waals surface area (Å²) < 4.78 is 10.2. The molecule has 0 aliphatic carbocycles. The fourth-order valence-corrected chi connectivity index (χ4v) is 4.24. The molecule has 2 heterocycles. The van der Waals surface area contributed by atoms with Gasteiger partial charge in [-0.2, -0.15) is 0 Å². The number of amides is 1. The Labute approximate surface area is 168 Å². The second-order valence-corrected chi connectivity index (χ2v) is 7.74. The maximum absolute atomic E-state index is 12.3. The van der Waals surface area contributed by atoms with Gasteiger partial charge in [0.25, 0.3) is 5.91 Å². The van der Waals surface area contributed by atoms with E-state index in [0.29, 0.717) is 27.0 Å². The first kappa shape index (κ1) is 19.3. The molecule has 0 saturated carbocycles. The summed E-state index contributed by atoms with van der Waals surface area (Å²) in [6, 6.07) is 8.69. The first-order chi connectivity index (χ1) is 13.0. The predicted molar refractivity (Wildman–Crippen MR) is 107 cm³/mol. The number of thiophene rings is 1. The van der Waals surface area contributed by atoms with Crippen molar-refractivity contribution in [2.45, 2.75) is 6.92 Å². The summed E-state index contributed by atoms with van der Waals surface area (Å²) in [4.78, 5) is 30.1. The third-order valence-electron chi connectivity index (χ3n) is 3.48. The lowest BCUT2D eigenvalue weighted by atomic mass is 10.3. The minimum Gasteiger partial charge on any atom is -0.495 e. The molecule has 3 aromatic rings. The molecule has 3 rings (SSSR count). The quantitative estimate of drug-likeness (QED) is 0.585. The van der Waals surface area contributed by atoms with Crippen LogP contribution in [-0.4, -0.2) is 30.6 Å². The van der Waals surface area contributed by atoms with Crippen LogP contribution in [0.4, 0.5) is 5.69 Å². The average molecular weight is 423 g/mol. The predicted octanol–water partition coefficient (Wildman–Crippen LogP) is 4.64. The van der Waals surface area contributed by atoms with Gasteiger partial charge in [0.05, 0.1) is 22.7 Å². The number of benzene rings is 1. The third-order valence-corrected chi connectivity index (χ3v) is 5.96. The van der Waals surface area contributed by atoms with Gasteiger partial charge >= 0.3 is 5.97 Å². The van der Waals surface area contributed by atoms with Crippen LogP contribution in [0.5, 0.6) is 5.75 Å². The zero-order valence-electron chi connectivity index (χ0n) is 14.4. The van der Waals surface area contributed by atoms with Gasteiger partial charge in [-0.05, 0) is 36.6 Å². The van der Waals surface area contributed by atoms with E-state index in [1.54, 1.807) is 36.5 Å². The standard InChI is InChI=1S/C18H15ClN2O4S2/c1-10-16(27-17(20-10)14-4-3-7-26-14)18(23)25-9-15(22)21-11-5-6-13(24-2)12(19)8-11/h3-8H,9H2,1-2H3,(H,21,22). The summed E-state index contributed by atoms with van der Waals surface area (Å²) in [5.41, 5.74) is 1.06. The zero-order chi connectivity index (χ0) is 19.4. The van der Waals surface area contributed by atoms with Crippen molar-refractivity contribution in [2.75, 3.05) is 19.0 Å². The van der Waals surface area contributed by atoms with Gasteiger partial charge in [-0.15, -0.1) is 22.7 Å². The molecule has 0 unspecified atom stereocenters. The molecule has 6 nitrogen and oxygen atoms in total. The third kappa shape index (κ3) is 4.65. The van der Waals surface area contributed by atoms with Crippen molar-refractivity contribution in [1.29, 1.82) is 0 Å². The Morgan fingerprint density at radius 3 is 2.78 bits per heavy atom. The lowest BCUT2D eigenvalue weighted by Crippen LogP contribution is -2.20. The van der Waals surface area contributed by atoms with Crippen molar-refractivity contribution < 1.29 is 19.1 Å². The molecule has 0 bridgehead atoms. The van der Waals surface area contributed by atoms with E-state index in [1.165, 1.54) is 18.4 Å². The Morgan fingerprint density at radius 2 is 2.11 bits per heavy atom. The van der Waals surface area contributed by atoms with Gasteiger partial charge in [0.15, 0.2) is 6.61 Å². The van der Waals surface area contributed by atoms with E-state index in [1.807, 2.05) is 17.5 Å². The van der Waals surface area contributed by atoms with Crippen molar-refractivity contribution in [3.63, 3.8) is 0 Å². The Bertz CT molecular complexity index is 970. The van der Waals surface area contributed by atoms with Crippen LogP contribution in [0.15, 0.2) is 35.7 Å². The molecule has 2 aromatic heterocycles. The first-order valence-corrected chi connectivity index (χ1v) is 9.87. The Hall–Kier alpha value is -2.42. The summed E-state index contributed by atoms with van der Waals surface area (Å²) in [6.07, 6.45) is 0. The number of nitrogens with zero attached hydrogens (tertiary/aromatic N) is 1. The molecule has 1 N–H and O–H groups in total. The van der Waals surface area contributed by atoms with Crippen molar-refractivity contribution in [1.82, 2.24) is 4.98 Å². The molecule has 0 atom stereocenters. The molecule has 1 amide bonds. The first-order valence-electron chi connectivity index (χ1n) is 7.79. The van der Waals surface area contributed by atoms with Crippen molar-refractivity contribution >= 4 is 51.8 Å². The Morgan fingerprint density at radius 1 is 1.30 bits per heavy atom. The number of nitrogens with one attached hydrogen (secondary N) is 1. The molecule has 27 heavy (non-hydrogen) atoms. The lowest BCUT2D eigenvalue weighted by Gasteiger charge is -2.08. The van der Waals surface area contributed by atoms with Crippen LogP contribution in [0.25, 0.3) is 9.88 Å². The summed E-state index contributed by atoms with van der Waals surface area (Å²) in [6.45, 7) is 1.33. The number of aryl methyl sites for hydroxylation is 1. The molecule has 0 saturated heterocycles. The van der Waals surface area contributed by atoms with Crippen LogP contribution < -0.4 is 10.1 Å². The largest absolute Gasteiger partial charge is 0.495 e. The zero-order valence-corrected chi connectivity index (χ0v) is 16.8. The van der Waals surface area contributed by atoms with Crippen molar-refractivity contribution in [3.8, 4) is 15.6 Å². The van der Waals surface area contributed by atoms with Gasteiger partial charge in [0.2, 0.25) is 0 Å². The van der Waals surface area contributed by atoms with Gasteiger partial charge < -0.3 is 14.8 Å². The monoisotopic (exact) mass is 422 g/mol. The van der Waals surface area contributed by atoms with Crippen LogP contribution in [0.2, 0.25) is 5.02 Å². The van der Waals surface area contributed by atoms with Crippen LogP contribution in [-0.2, 0) is 9.53 Å². The van der Waals surface area contributed by atoms with E-state index in [0.717, 1.165) is 9.88 Å². The molecule has 0 aliphatic heterocycles. The highest BCUT2D eigenvalue weighted by Crippen LogP contribution is 2.31. The molecule has 0 fully saturated rings. The lowest BCUT2D eigenvalue weighted by molar-refractivity contribution is -0.119. The number of ether oxygens (including phenoxy) is 2. The van der Waals surface area contributed by atoms with E-state index in [4.69, 9.17) is 21.1 Å². The second kappa shape index (κ2) is 8.51. The van der Waals surface area contributed by atoms with Gasteiger partial charge in [0.1, 0.15) is 15.6 Å². The number of carbonyl (C=O) groups excluding carboxylic acids is 2. The molecule has 0 radical (unpaired) electrons. The average Bonchev–Trinajstić information content (AvgIpc) is 3.29. The molecular weight excluding hydrogens is 408 g/mol. The molecule has 0 spiro atoms. The fraction of sp³-hybridized carbons (Fsp3) is 0.167. The number of hydrogen-bond acceptors (Lipinski definition) is 7. The van der Waals surface area contributed by atoms with Gasteiger partial charge in [0, 0.05) is 5.69 Å². The summed E-state index contributed by atoms with van der Waals surface area (Å²) in [5, 5.41) is 5.69. The van der Waals surface area contributed by atoms with Gasteiger partial charge in [-0.25, -0.2) is 9.78 Å². The van der Waals surface area contributed by atoms with Crippen LogP contribution >= 0.6 is 34.3 Å². The second-order valence-electron chi connectivity index (χ2n) is 5.38. The van der Waals surface area contributed by atoms with E-state index < -0.39 is 18.5 Å². The smallest absolute Gasteiger partial charge is 0.350 e. The highest BCUT2D eigenvalue weighted by molar-refractivity contribution is 7.22. The number of hydrogen-bond donors (Lipinski definition) is 1. The van der Waals surface area contributed by atoms with E-state index in [-0.39, 0.29) is 0 Å². The Kier molecular flexibility index (Phi) is 6.10. The van der Waals surface area contributed by atoms with E-state index >= 15 is 0 Å². The summed E-state index contributed by atoms with van der Waals surface area (Å²) in [7, 11) is 1.50. The molecule has 140 valence electrons. The van der Waals surface area contributed by atoms with Crippen LogP contribution in [0.3, 0.4) is 0 Å². The number of rotatable bonds is 6. The number of halogens is 1. The molecule has 9 heteroatoms. The number of methoxy groups -OCH3 is 1. The highest BCUT2D eigenvalue weighted by atomic mass is 35.5. The number of carbonyl (C=O) groups is 2. The normalized spacial score (nSPS) is 10.5. The maximum Gasteiger partial charge on any atom is 0.350 e. The molecule has 1 aromatic carbocycles. The van der Waals surface area contributed by atoms with Crippen LogP contribution in [0.1, 0.15) is 15.4 Å². The SMILES string of the molecule is COc1ccc(NC(=O)COC(=O)c2sc(-c3cccs3)nc2C)cc1Cl. The number of anilines is 1. The number of aromatic nitrogens is 1. The minimum atomic E-state index is -0.573. The summed E-state index contributed by atoms with van der Waals surface area (Å²) in [5.74, 6) is -0.538. The summed E-state index contributed by atoms with van der Waals surface area (Å²) >= 11 is 8.81. The van der Waals surface area contributed by atoms with Gasteiger partial charge in [-0.3, -0.25) is 4.79 Å². The van der Waals surface area contributed by atoms with Crippen molar-refractivity contribution in [3.05, 3.63) is 51.3 Å². The van der Waals surface area contributed by atoms with Crippen molar-refractivity contribution in [2.24, 2.45) is 0 Å². The maximum atomic E-state index is 12.3. The topological polar surface area (TPSA) is 77.5 Å². The number of esters is 1. The molecule has 0 aliphatic rings.